The highest BCUT2D eigenvalue weighted by atomic mass is 19.4. The molecule has 286 valence electrons. The Morgan fingerprint density at radius 1 is 0.745 bits per heavy atom. The Balaban J connectivity index is 1.26. The smallest absolute Gasteiger partial charge is 0.416 e. The lowest BCUT2D eigenvalue weighted by Crippen LogP contribution is -2.39. The minimum Gasteiger partial charge on any atom is -0.493 e. The van der Waals surface area contributed by atoms with E-state index in [0.29, 0.717) is 36.0 Å². The lowest BCUT2D eigenvalue weighted by atomic mass is 9.75. The van der Waals surface area contributed by atoms with Crippen LogP contribution in [0.4, 0.5) is 18.9 Å². The zero-order chi connectivity index (χ0) is 38.1. The van der Waals surface area contributed by atoms with Gasteiger partial charge in [0.25, 0.3) is 0 Å². The molecule has 0 N–H and O–H groups in total. The van der Waals surface area contributed by atoms with Gasteiger partial charge in [0.05, 0.1) is 46.2 Å². The Kier molecular flexibility index (Phi) is 8.70. The van der Waals surface area contributed by atoms with Crippen molar-refractivity contribution in [1.29, 1.82) is 0 Å². The first-order valence-electron chi connectivity index (χ1n) is 19.1. The van der Waals surface area contributed by atoms with Crippen LogP contribution in [0.2, 0.25) is 0 Å². The minimum atomic E-state index is -4.47. The molecule has 9 rings (SSSR count). The molecule has 4 aromatic rings. The Bertz CT molecular complexity index is 2260. The SMILES string of the molecule is COc1cc2c3c(c4c(c2cc1OC)-c1ccc(C(F)(F)F)cc1C4(C)C)C=CC(C1=CC=C(N2CCOCC2)CC1)(c1ccc(N2CCOCC2)cc1)O3. The summed E-state index contributed by atoms with van der Waals surface area (Å²) in [5.74, 6) is 1.73. The van der Waals surface area contributed by atoms with Crippen molar-refractivity contribution in [3.05, 3.63) is 112 Å². The number of hydrogen-bond acceptors (Lipinski definition) is 7. The number of nitrogens with zero attached hydrogens (tertiary/aromatic N) is 2. The third-order valence-electron chi connectivity index (χ3n) is 12.2. The van der Waals surface area contributed by atoms with Gasteiger partial charge in [0.2, 0.25) is 0 Å². The summed E-state index contributed by atoms with van der Waals surface area (Å²) in [6.07, 6.45) is 5.93. The number of benzene rings is 4. The van der Waals surface area contributed by atoms with E-state index in [1.54, 1.807) is 20.3 Å². The Labute approximate surface area is 319 Å². The standard InChI is InChI=1S/C45H45F3N2O5/c1-43(2)37-25-30(45(46,47)48)9-14-33(37)40-35-26-38(51-3)39(52-4)27-36(35)42-34(41(40)43)15-16-44(55-42,28-5-10-31(11-6-28)49-17-21-53-22-18-49)29-7-12-32(13-8-29)50-19-23-54-24-20-50/h5-7,9-12,14-16,25-27H,8,13,17-24H2,1-4H3. The second-order valence-electron chi connectivity index (χ2n) is 15.4. The number of methoxy groups -OCH3 is 2. The van der Waals surface area contributed by atoms with Crippen LogP contribution < -0.4 is 19.1 Å². The zero-order valence-corrected chi connectivity index (χ0v) is 31.6. The highest BCUT2D eigenvalue weighted by molar-refractivity contribution is 6.09. The van der Waals surface area contributed by atoms with Crippen molar-refractivity contribution in [2.75, 3.05) is 71.7 Å². The first-order chi connectivity index (χ1) is 26.5. The number of alkyl halides is 3. The lowest BCUT2D eigenvalue weighted by molar-refractivity contribution is -0.137. The predicted octanol–water partition coefficient (Wildman–Crippen LogP) is 9.26. The normalized spacial score (nSPS) is 21.7. The number of morpholine rings is 2. The van der Waals surface area contributed by atoms with E-state index in [2.05, 4.69) is 58.4 Å². The van der Waals surface area contributed by atoms with Crippen LogP contribution in [0.3, 0.4) is 0 Å². The maximum Gasteiger partial charge on any atom is 0.416 e. The highest BCUT2D eigenvalue weighted by Gasteiger charge is 2.46. The molecule has 0 bridgehead atoms. The van der Waals surface area contributed by atoms with E-state index in [-0.39, 0.29) is 0 Å². The molecular formula is C45H45F3N2O5. The topological polar surface area (TPSA) is 52.6 Å². The summed E-state index contributed by atoms with van der Waals surface area (Å²) in [4.78, 5) is 4.75. The maximum atomic E-state index is 14.1. The van der Waals surface area contributed by atoms with Crippen LogP contribution in [0.25, 0.3) is 28.0 Å². The molecule has 1 unspecified atom stereocenters. The van der Waals surface area contributed by atoms with E-state index in [1.165, 1.54) is 17.8 Å². The molecule has 55 heavy (non-hydrogen) atoms. The van der Waals surface area contributed by atoms with Crippen LogP contribution in [-0.2, 0) is 26.7 Å². The van der Waals surface area contributed by atoms with E-state index in [0.717, 1.165) is 102 Å². The number of rotatable bonds is 6. The monoisotopic (exact) mass is 750 g/mol. The molecule has 2 fully saturated rings. The summed E-state index contributed by atoms with van der Waals surface area (Å²) in [5, 5.41) is 1.63. The van der Waals surface area contributed by atoms with Crippen LogP contribution >= 0.6 is 0 Å². The van der Waals surface area contributed by atoms with Crippen molar-refractivity contribution in [3.63, 3.8) is 0 Å². The predicted molar refractivity (Wildman–Crippen MR) is 208 cm³/mol. The van der Waals surface area contributed by atoms with Gasteiger partial charge in [-0.3, -0.25) is 0 Å². The maximum absolute atomic E-state index is 14.1. The van der Waals surface area contributed by atoms with Crippen molar-refractivity contribution in [2.24, 2.45) is 0 Å². The Morgan fingerprint density at radius 3 is 2.02 bits per heavy atom. The van der Waals surface area contributed by atoms with Gasteiger partial charge in [-0.2, -0.15) is 13.2 Å². The van der Waals surface area contributed by atoms with Crippen molar-refractivity contribution in [1.82, 2.24) is 4.90 Å². The number of fused-ring (bicyclic) bond motifs is 8. The van der Waals surface area contributed by atoms with Crippen LogP contribution in [0.1, 0.15) is 54.5 Å². The van der Waals surface area contributed by atoms with E-state index >= 15 is 0 Å². The van der Waals surface area contributed by atoms with Gasteiger partial charge in [-0.1, -0.05) is 44.2 Å². The molecule has 4 aromatic carbocycles. The molecule has 0 radical (unpaired) electrons. The van der Waals surface area contributed by atoms with Crippen LogP contribution in [0.15, 0.2) is 84.1 Å². The van der Waals surface area contributed by atoms with Crippen LogP contribution in [-0.4, -0.2) is 71.7 Å². The van der Waals surface area contributed by atoms with Crippen molar-refractivity contribution < 1.29 is 36.9 Å². The van der Waals surface area contributed by atoms with Gasteiger partial charge in [-0.25, -0.2) is 0 Å². The first-order valence-corrected chi connectivity index (χ1v) is 19.1. The molecule has 2 saturated heterocycles. The fraction of sp³-hybridized carbons (Fsp3) is 0.378. The van der Waals surface area contributed by atoms with Crippen molar-refractivity contribution in [2.45, 2.75) is 43.9 Å². The summed E-state index contributed by atoms with van der Waals surface area (Å²) in [7, 11) is 3.20. The summed E-state index contributed by atoms with van der Waals surface area (Å²) in [6, 6.07) is 16.7. The fourth-order valence-corrected chi connectivity index (χ4v) is 9.29. The largest absolute Gasteiger partial charge is 0.493 e. The van der Waals surface area contributed by atoms with Crippen LogP contribution in [0.5, 0.6) is 17.2 Å². The van der Waals surface area contributed by atoms with Crippen molar-refractivity contribution in [3.8, 4) is 28.4 Å². The number of hydrogen-bond donors (Lipinski definition) is 0. The molecule has 3 aliphatic heterocycles. The molecule has 0 aromatic heterocycles. The average Bonchev–Trinajstić information content (AvgIpc) is 3.46. The molecular weight excluding hydrogens is 705 g/mol. The number of allylic oxidation sites excluding steroid dienone is 3. The van der Waals surface area contributed by atoms with Crippen molar-refractivity contribution >= 4 is 22.5 Å². The Morgan fingerprint density at radius 2 is 1.40 bits per heavy atom. The minimum absolute atomic E-state index is 0.530. The molecule has 5 aliphatic rings. The van der Waals surface area contributed by atoms with Gasteiger partial charge >= 0.3 is 6.18 Å². The lowest BCUT2D eigenvalue weighted by Gasteiger charge is -2.41. The van der Waals surface area contributed by atoms with Gasteiger partial charge in [-0.15, -0.1) is 0 Å². The highest BCUT2D eigenvalue weighted by Crippen LogP contribution is 2.60. The molecule has 2 aliphatic carbocycles. The van der Waals surface area contributed by atoms with Gasteiger partial charge < -0.3 is 33.5 Å². The van der Waals surface area contributed by atoms with E-state index in [1.807, 2.05) is 26.0 Å². The summed E-state index contributed by atoms with van der Waals surface area (Å²) in [5.41, 5.74) is 6.21. The second kappa shape index (κ2) is 13.4. The average molecular weight is 751 g/mol. The van der Waals surface area contributed by atoms with Gasteiger partial charge in [0, 0.05) is 59.5 Å². The molecule has 0 amide bonds. The third kappa shape index (κ3) is 5.79. The number of ether oxygens (including phenoxy) is 5. The van der Waals surface area contributed by atoms with Gasteiger partial charge in [-0.05, 0) is 94.6 Å². The van der Waals surface area contributed by atoms with E-state index in [4.69, 9.17) is 23.7 Å². The zero-order valence-electron chi connectivity index (χ0n) is 31.6. The molecule has 0 saturated carbocycles. The molecule has 7 nitrogen and oxygen atoms in total. The molecule has 0 spiro atoms. The number of halogens is 3. The molecule has 10 heteroatoms. The quantitative estimate of drug-likeness (QED) is 0.195. The summed E-state index contributed by atoms with van der Waals surface area (Å²) < 4.78 is 72.9. The van der Waals surface area contributed by atoms with Gasteiger partial charge in [0.15, 0.2) is 17.1 Å². The first kappa shape index (κ1) is 35.8. The molecule has 1 atom stereocenters. The molecule has 3 heterocycles. The third-order valence-corrected chi connectivity index (χ3v) is 12.2. The Hall–Kier alpha value is -4.93. The fourth-order valence-electron chi connectivity index (χ4n) is 9.29. The van der Waals surface area contributed by atoms with E-state index < -0.39 is 22.8 Å². The van der Waals surface area contributed by atoms with Gasteiger partial charge in [0.1, 0.15) is 5.75 Å². The number of anilines is 1. The van der Waals surface area contributed by atoms with Crippen LogP contribution in [0, 0.1) is 0 Å². The second-order valence-corrected chi connectivity index (χ2v) is 15.4. The summed E-state index contributed by atoms with van der Waals surface area (Å²) >= 11 is 0. The summed E-state index contributed by atoms with van der Waals surface area (Å²) in [6.45, 7) is 10.3. The van der Waals surface area contributed by atoms with E-state index in [9.17, 15) is 13.2 Å².